The third-order valence-electron chi connectivity index (χ3n) is 3.85. The van der Waals surface area contributed by atoms with E-state index in [0.29, 0.717) is 6.42 Å². The number of benzene rings is 1. The number of anilines is 1. The molecular formula is C17H21N3O3S. The number of nitrogens with one attached hydrogen (secondary N) is 1. The highest BCUT2D eigenvalue weighted by Gasteiger charge is 2.23. The van der Waals surface area contributed by atoms with Crippen molar-refractivity contribution in [2.75, 3.05) is 4.72 Å². The summed E-state index contributed by atoms with van der Waals surface area (Å²) in [6.45, 7) is 8.02. The third-order valence-corrected chi connectivity index (χ3v) is 5.20. The number of rotatable bonds is 3. The quantitative estimate of drug-likeness (QED) is 0.923. The minimum Gasteiger partial charge on any atom is -0.490 e. The summed E-state index contributed by atoms with van der Waals surface area (Å²) in [4.78, 5) is 0.195. The van der Waals surface area contributed by atoms with E-state index in [9.17, 15) is 8.42 Å². The second-order valence-corrected chi connectivity index (χ2v) is 8.74. The number of sulfonamides is 1. The molecule has 3 rings (SSSR count). The molecule has 0 bridgehead atoms. The summed E-state index contributed by atoms with van der Waals surface area (Å²) in [7, 11) is -3.71. The van der Waals surface area contributed by atoms with Gasteiger partial charge in [-0.3, -0.25) is 4.72 Å². The zero-order chi connectivity index (χ0) is 17.5. The zero-order valence-corrected chi connectivity index (χ0v) is 15.0. The molecule has 0 unspecified atom stereocenters. The van der Waals surface area contributed by atoms with Gasteiger partial charge in [0.25, 0.3) is 10.0 Å². The summed E-state index contributed by atoms with van der Waals surface area (Å²) in [6, 6.07) is 8.29. The Morgan fingerprint density at radius 3 is 2.54 bits per heavy atom. The van der Waals surface area contributed by atoms with Crippen molar-refractivity contribution in [3.8, 4) is 5.75 Å². The van der Waals surface area contributed by atoms with Crippen molar-refractivity contribution in [2.45, 2.75) is 50.5 Å². The van der Waals surface area contributed by atoms with E-state index in [0.717, 1.165) is 17.0 Å². The topological polar surface area (TPSA) is 81.2 Å². The predicted molar refractivity (Wildman–Crippen MR) is 91.8 cm³/mol. The van der Waals surface area contributed by atoms with Crippen molar-refractivity contribution < 1.29 is 13.2 Å². The van der Waals surface area contributed by atoms with Crippen LogP contribution in [-0.2, 0) is 21.9 Å². The summed E-state index contributed by atoms with van der Waals surface area (Å²) >= 11 is 0. The molecule has 24 heavy (non-hydrogen) atoms. The first-order valence-electron chi connectivity index (χ1n) is 7.82. The average molecular weight is 347 g/mol. The number of nitrogens with zero attached hydrogens (tertiary/aromatic N) is 2. The van der Waals surface area contributed by atoms with Crippen molar-refractivity contribution in [1.29, 1.82) is 0 Å². The Kier molecular flexibility index (Phi) is 3.99. The van der Waals surface area contributed by atoms with Gasteiger partial charge in [-0.25, -0.2) is 8.42 Å². The van der Waals surface area contributed by atoms with E-state index >= 15 is 0 Å². The summed E-state index contributed by atoms with van der Waals surface area (Å²) in [6.07, 6.45) is 0.778. The van der Waals surface area contributed by atoms with Crippen molar-refractivity contribution in [2.24, 2.45) is 0 Å². The normalized spacial score (nSPS) is 17.2. The van der Waals surface area contributed by atoms with Crippen molar-refractivity contribution in [3.05, 3.63) is 41.6 Å². The molecule has 0 amide bonds. The van der Waals surface area contributed by atoms with Gasteiger partial charge in [0.1, 0.15) is 11.9 Å². The van der Waals surface area contributed by atoms with Gasteiger partial charge in [-0.05, 0) is 42.8 Å². The SMILES string of the molecule is C[C@H]1Cc2cc(S(=O)(=O)Nc3ccc(C(C)(C)C)nn3)ccc2O1. The smallest absolute Gasteiger partial charge is 0.263 e. The van der Waals surface area contributed by atoms with Crippen LogP contribution in [0.2, 0.25) is 0 Å². The van der Waals surface area contributed by atoms with Crippen LogP contribution in [0.4, 0.5) is 5.82 Å². The van der Waals surface area contributed by atoms with E-state index in [1.807, 2.05) is 27.7 Å². The molecule has 0 saturated heterocycles. The van der Waals surface area contributed by atoms with E-state index in [1.54, 1.807) is 24.3 Å². The highest BCUT2D eigenvalue weighted by atomic mass is 32.2. The first-order valence-corrected chi connectivity index (χ1v) is 9.30. The second kappa shape index (κ2) is 5.73. The summed E-state index contributed by atoms with van der Waals surface area (Å²) in [5, 5.41) is 8.07. The molecule has 6 nitrogen and oxygen atoms in total. The van der Waals surface area contributed by atoms with E-state index in [4.69, 9.17) is 4.74 Å². The molecule has 1 N–H and O–H groups in total. The number of fused-ring (bicyclic) bond motifs is 1. The van der Waals surface area contributed by atoms with Gasteiger partial charge in [-0.15, -0.1) is 5.10 Å². The van der Waals surface area contributed by atoms with Gasteiger partial charge >= 0.3 is 0 Å². The van der Waals surface area contributed by atoms with Crippen LogP contribution in [0, 0.1) is 0 Å². The molecule has 0 spiro atoms. The average Bonchev–Trinajstić information content (AvgIpc) is 2.85. The summed E-state index contributed by atoms with van der Waals surface area (Å²) in [5.74, 6) is 0.948. The van der Waals surface area contributed by atoms with E-state index in [-0.39, 0.29) is 22.2 Å². The number of hydrogen-bond acceptors (Lipinski definition) is 5. The lowest BCUT2D eigenvalue weighted by Gasteiger charge is -2.16. The van der Waals surface area contributed by atoms with E-state index in [1.165, 1.54) is 6.07 Å². The number of aromatic nitrogens is 2. The van der Waals surface area contributed by atoms with Gasteiger partial charge in [0.05, 0.1) is 10.6 Å². The van der Waals surface area contributed by atoms with Gasteiger partial charge < -0.3 is 4.74 Å². The Labute approximate surface area is 142 Å². The lowest BCUT2D eigenvalue weighted by atomic mass is 9.92. The Balaban J connectivity index is 1.83. The summed E-state index contributed by atoms with van der Waals surface area (Å²) < 4.78 is 33.2. The molecule has 1 aliphatic rings. The Bertz CT molecular complexity index is 856. The fraction of sp³-hybridized carbons (Fsp3) is 0.412. The first-order chi connectivity index (χ1) is 11.1. The molecule has 1 aliphatic heterocycles. The van der Waals surface area contributed by atoms with E-state index < -0.39 is 10.0 Å². The molecule has 2 heterocycles. The highest BCUT2D eigenvalue weighted by Crippen LogP contribution is 2.31. The molecule has 1 aromatic carbocycles. The first kappa shape index (κ1) is 16.7. The lowest BCUT2D eigenvalue weighted by molar-refractivity contribution is 0.254. The van der Waals surface area contributed by atoms with Crippen molar-refractivity contribution in [3.63, 3.8) is 0 Å². The van der Waals surface area contributed by atoms with Crippen LogP contribution in [-0.4, -0.2) is 24.7 Å². The molecule has 128 valence electrons. The third kappa shape index (κ3) is 3.36. The minimum absolute atomic E-state index is 0.0710. The predicted octanol–water partition coefficient (Wildman–Crippen LogP) is 2.90. The lowest BCUT2D eigenvalue weighted by Crippen LogP contribution is -2.17. The van der Waals surface area contributed by atoms with Gasteiger partial charge in [-0.1, -0.05) is 20.8 Å². The molecule has 0 radical (unpaired) electrons. The number of ether oxygens (including phenoxy) is 1. The van der Waals surface area contributed by atoms with Crippen molar-refractivity contribution in [1.82, 2.24) is 10.2 Å². The maximum atomic E-state index is 12.5. The maximum Gasteiger partial charge on any atom is 0.263 e. The van der Waals surface area contributed by atoms with Gasteiger partial charge in [0.15, 0.2) is 5.82 Å². The number of hydrogen-bond donors (Lipinski definition) is 1. The van der Waals surface area contributed by atoms with Crippen LogP contribution in [0.1, 0.15) is 39.0 Å². The molecule has 7 heteroatoms. The second-order valence-electron chi connectivity index (χ2n) is 7.06. The fourth-order valence-electron chi connectivity index (χ4n) is 2.55. The van der Waals surface area contributed by atoms with Crippen LogP contribution >= 0.6 is 0 Å². The summed E-state index contributed by atoms with van der Waals surface area (Å²) in [5.41, 5.74) is 1.56. The van der Waals surface area contributed by atoms with Crippen molar-refractivity contribution >= 4 is 15.8 Å². The minimum atomic E-state index is -3.71. The Hall–Kier alpha value is -2.15. The van der Waals surface area contributed by atoms with Gasteiger partial charge in [0, 0.05) is 11.8 Å². The van der Waals surface area contributed by atoms with Crippen LogP contribution in [0.25, 0.3) is 0 Å². The fourth-order valence-corrected chi connectivity index (χ4v) is 3.60. The van der Waals surface area contributed by atoms with Gasteiger partial charge in [0.2, 0.25) is 0 Å². The Morgan fingerprint density at radius 1 is 1.17 bits per heavy atom. The molecule has 2 aromatic rings. The molecule has 1 atom stereocenters. The molecular weight excluding hydrogens is 326 g/mol. The largest absolute Gasteiger partial charge is 0.490 e. The Morgan fingerprint density at radius 2 is 1.92 bits per heavy atom. The molecule has 1 aromatic heterocycles. The maximum absolute atomic E-state index is 12.5. The van der Waals surface area contributed by atoms with Crippen LogP contribution < -0.4 is 9.46 Å². The molecule has 0 aliphatic carbocycles. The van der Waals surface area contributed by atoms with Crippen LogP contribution in [0.5, 0.6) is 5.75 Å². The van der Waals surface area contributed by atoms with Crippen LogP contribution in [0.3, 0.4) is 0 Å². The van der Waals surface area contributed by atoms with Crippen LogP contribution in [0.15, 0.2) is 35.2 Å². The monoisotopic (exact) mass is 347 g/mol. The van der Waals surface area contributed by atoms with E-state index in [2.05, 4.69) is 14.9 Å². The van der Waals surface area contributed by atoms with Gasteiger partial charge in [-0.2, -0.15) is 5.10 Å². The molecule has 0 fully saturated rings. The standard InChI is InChI=1S/C17H21N3O3S/c1-11-9-12-10-13(5-6-14(12)23-11)24(21,22)20-16-8-7-15(18-19-16)17(2,3)4/h5-8,10-11H,9H2,1-4H3,(H,19,20)/t11-/m0/s1. The zero-order valence-electron chi connectivity index (χ0n) is 14.2. The highest BCUT2D eigenvalue weighted by molar-refractivity contribution is 7.92. The molecule has 0 saturated carbocycles.